The molecule has 1 aliphatic heterocycles. The second-order valence-corrected chi connectivity index (χ2v) is 7.95. The number of pyridine rings is 1. The monoisotopic (exact) mass is 484 g/mol. The smallest absolute Gasteiger partial charge is 0.300 e. The molecule has 8 heteroatoms. The number of hydrogen-bond donors (Lipinski definition) is 2. The number of benzene rings is 2. The number of aliphatic hydroxyl groups is 1. The highest BCUT2D eigenvalue weighted by Crippen LogP contribution is 2.45. The van der Waals surface area contributed by atoms with Crippen molar-refractivity contribution >= 4 is 50.7 Å². The lowest BCUT2D eigenvalue weighted by molar-refractivity contribution is -0.132. The van der Waals surface area contributed by atoms with Crippen LogP contribution in [0.4, 0.5) is 5.69 Å². The van der Waals surface area contributed by atoms with Crippen molar-refractivity contribution < 1.29 is 19.8 Å². The van der Waals surface area contributed by atoms with E-state index in [1.165, 1.54) is 24.4 Å². The van der Waals surface area contributed by atoms with Crippen molar-refractivity contribution in [2.24, 2.45) is 0 Å². The fourth-order valence-corrected chi connectivity index (χ4v) is 3.82. The van der Waals surface area contributed by atoms with E-state index in [9.17, 15) is 19.8 Å². The van der Waals surface area contributed by atoms with Crippen LogP contribution < -0.4 is 4.90 Å². The van der Waals surface area contributed by atoms with Crippen LogP contribution in [0.3, 0.4) is 0 Å². The molecule has 3 aromatic rings. The van der Waals surface area contributed by atoms with Crippen LogP contribution in [0.2, 0.25) is 5.02 Å². The minimum Gasteiger partial charge on any atom is -0.507 e. The number of aliphatic hydroxyl groups excluding tert-OH is 1. The number of ketones is 1. The van der Waals surface area contributed by atoms with Crippen molar-refractivity contribution in [3.05, 3.63) is 93.2 Å². The molecule has 1 unspecified atom stereocenters. The summed E-state index contributed by atoms with van der Waals surface area (Å²) in [5, 5.41) is 21.6. The topological polar surface area (TPSA) is 90.7 Å². The summed E-state index contributed by atoms with van der Waals surface area (Å²) in [6, 6.07) is 13.2. The van der Waals surface area contributed by atoms with Crippen LogP contribution in [0, 0.1) is 0 Å². The molecule has 6 nitrogen and oxygen atoms in total. The number of anilines is 1. The van der Waals surface area contributed by atoms with Gasteiger partial charge in [-0.2, -0.15) is 0 Å². The fraction of sp³-hybridized carbons (Fsp3) is 0.0455. The van der Waals surface area contributed by atoms with Gasteiger partial charge in [-0.15, -0.1) is 0 Å². The molecule has 2 heterocycles. The predicted molar refractivity (Wildman–Crippen MR) is 116 cm³/mol. The number of aromatic hydroxyl groups is 1. The number of nitrogens with zero attached hydrogens (tertiary/aromatic N) is 2. The maximum atomic E-state index is 13.0. The van der Waals surface area contributed by atoms with E-state index in [-0.39, 0.29) is 27.8 Å². The number of halogens is 2. The predicted octanol–water partition coefficient (Wildman–Crippen LogP) is 4.83. The van der Waals surface area contributed by atoms with Crippen molar-refractivity contribution in [2.75, 3.05) is 4.90 Å². The van der Waals surface area contributed by atoms with E-state index in [0.717, 1.165) is 9.37 Å². The van der Waals surface area contributed by atoms with Crippen LogP contribution in [0.5, 0.6) is 5.75 Å². The third kappa shape index (κ3) is 3.46. The number of carbonyl (C=O) groups excluding carboxylic acids is 2. The number of phenolic OH excluding ortho intramolecular Hbond substituents is 1. The zero-order valence-corrected chi connectivity index (χ0v) is 17.6. The molecule has 2 N–H and O–H groups in total. The lowest BCUT2D eigenvalue weighted by Crippen LogP contribution is -2.29. The molecule has 150 valence electrons. The molecular weight excluding hydrogens is 472 g/mol. The minimum atomic E-state index is -0.994. The van der Waals surface area contributed by atoms with Gasteiger partial charge in [0.15, 0.2) is 0 Å². The first-order valence-corrected chi connectivity index (χ1v) is 10.0. The molecule has 30 heavy (non-hydrogen) atoms. The Kier molecular flexibility index (Phi) is 5.32. The van der Waals surface area contributed by atoms with Gasteiger partial charge in [0.2, 0.25) is 0 Å². The van der Waals surface area contributed by atoms with Crippen molar-refractivity contribution in [1.82, 2.24) is 4.98 Å². The number of rotatable bonds is 3. The van der Waals surface area contributed by atoms with E-state index < -0.39 is 17.7 Å². The largest absolute Gasteiger partial charge is 0.507 e. The first-order valence-electron chi connectivity index (χ1n) is 8.84. The van der Waals surface area contributed by atoms with Crippen molar-refractivity contribution in [1.29, 1.82) is 0 Å². The molecule has 0 spiro atoms. The highest BCUT2D eigenvalue weighted by molar-refractivity contribution is 9.10. The lowest BCUT2D eigenvalue weighted by Gasteiger charge is -2.25. The molecule has 1 atom stereocenters. The van der Waals surface area contributed by atoms with E-state index in [2.05, 4.69) is 20.9 Å². The molecule has 4 rings (SSSR count). The van der Waals surface area contributed by atoms with Crippen molar-refractivity contribution in [3.63, 3.8) is 0 Å². The van der Waals surface area contributed by atoms with Gasteiger partial charge in [0.25, 0.3) is 11.7 Å². The van der Waals surface area contributed by atoms with Crippen LogP contribution >= 0.6 is 27.5 Å². The first kappa shape index (κ1) is 20.1. The summed E-state index contributed by atoms with van der Waals surface area (Å²) in [6.45, 7) is 0. The van der Waals surface area contributed by atoms with Crippen LogP contribution in [-0.4, -0.2) is 26.9 Å². The number of phenols is 1. The number of Topliss-reactive ketones (excluding diaryl/α,β-unsaturated/α-hetero) is 1. The first-order chi connectivity index (χ1) is 14.4. The molecule has 1 amide bonds. The molecule has 1 saturated heterocycles. The summed E-state index contributed by atoms with van der Waals surface area (Å²) in [5.74, 6) is -2.30. The standard InChI is InChI=1S/C22H14BrClN2O4/c23-14-5-3-12(4-6-14)20(28)18-19(13-2-1-9-25-11-13)26(22(30)21(18)29)16-10-15(24)7-8-17(16)27/h1-11,19,27-28H/b20-18+. The van der Waals surface area contributed by atoms with Crippen molar-refractivity contribution in [3.8, 4) is 5.75 Å². The zero-order valence-electron chi connectivity index (χ0n) is 15.3. The molecule has 1 fully saturated rings. The Labute approximate surface area is 185 Å². The Bertz CT molecular complexity index is 1180. The highest BCUT2D eigenvalue weighted by atomic mass is 79.9. The highest BCUT2D eigenvalue weighted by Gasteiger charge is 2.47. The Morgan fingerprint density at radius 3 is 2.50 bits per heavy atom. The number of aromatic nitrogens is 1. The Hall–Kier alpha value is -3.16. The molecule has 2 aromatic carbocycles. The van der Waals surface area contributed by atoms with Crippen LogP contribution in [0.1, 0.15) is 17.2 Å². The van der Waals surface area contributed by atoms with E-state index in [1.54, 1.807) is 42.6 Å². The molecule has 0 radical (unpaired) electrons. The molecule has 0 aliphatic carbocycles. The minimum absolute atomic E-state index is 0.0632. The van der Waals surface area contributed by atoms with E-state index >= 15 is 0 Å². The van der Waals surface area contributed by atoms with E-state index in [4.69, 9.17) is 11.6 Å². The quantitative estimate of drug-likeness (QED) is 0.315. The lowest BCUT2D eigenvalue weighted by atomic mass is 9.96. The van der Waals surface area contributed by atoms with Gasteiger partial charge in [-0.25, -0.2) is 0 Å². The molecular formula is C22H14BrClN2O4. The summed E-state index contributed by atoms with van der Waals surface area (Å²) < 4.78 is 0.798. The SMILES string of the molecule is O=C1C(=O)N(c2cc(Cl)ccc2O)C(c2cccnc2)/C1=C(\O)c1ccc(Br)cc1. The van der Waals surface area contributed by atoms with Gasteiger partial charge in [-0.05, 0) is 42.0 Å². The molecule has 0 bridgehead atoms. The third-order valence-corrected chi connectivity index (χ3v) is 5.52. The van der Waals surface area contributed by atoms with Gasteiger partial charge >= 0.3 is 0 Å². The van der Waals surface area contributed by atoms with E-state index in [0.29, 0.717) is 11.1 Å². The van der Waals surface area contributed by atoms with Gasteiger partial charge in [0, 0.05) is 27.5 Å². The summed E-state index contributed by atoms with van der Waals surface area (Å²) in [7, 11) is 0. The zero-order chi connectivity index (χ0) is 21.4. The van der Waals surface area contributed by atoms with Gasteiger partial charge in [0.05, 0.1) is 17.3 Å². The second kappa shape index (κ2) is 7.93. The number of carbonyl (C=O) groups is 2. The normalized spacial score (nSPS) is 18.1. The Balaban J connectivity index is 1.97. The maximum absolute atomic E-state index is 13.0. The molecule has 0 saturated carbocycles. The average Bonchev–Trinajstić information content (AvgIpc) is 3.01. The Morgan fingerprint density at radius 1 is 1.10 bits per heavy atom. The summed E-state index contributed by atoms with van der Waals surface area (Å²) in [4.78, 5) is 31.2. The van der Waals surface area contributed by atoms with Crippen LogP contribution in [-0.2, 0) is 9.59 Å². The summed E-state index contributed by atoms with van der Waals surface area (Å²) >= 11 is 9.40. The summed E-state index contributed by atoms with van der Waals surface area (Å²) in [6.07, 6.45) is 3.06. The van der Waals surface area contributed by atoms with Gasteiger partial charge in [-0.1, -0.05) is 45.7 Å². The van der Waals surface area contributed by atoms with Crippen LogP contribution in [0.25, 0.3) is 5.76 Å². The maximum Gasteiger partial charge on any atom is 0.300 e. The molecule has 1 aliphatic rings. The summed E-state index contributed by atoms with van der Waals surface area (Å²) in [5.41, 5.74) is 0.832. The van der Waals surface area contributed by atoms with Gasteiger partial charge in [0.1, 0.15) is 11.5 Å². The van der Waals surface area contributed by atoms with Gasteiger partial charge in [-0.3, -0.25) is 19.5 Å². The average molecular weight is 486 g/mol. The van der Waals surface area contributed by atoms with Crippen molar-refractivity contribution in [2.45, 2.75) is 6.04 Å². The Morgan fingerprint density at radius 2 is 1.83 bits per heavy atom. The number of amides is 1. The van der Waals surface area contributed by atoms with Crippen LogP contribution in [0.15, 0.2) is 77.0 Å². The number of hydrogen-bond acceptors (Lipinski definition) is 5. The fourth-order valence-electron chi connectivity index (χ4n) is 3.39. The van der Waals surface area contributed by atoms with E-state index in [1.807, 2.05) is 0 Å². The third-order valence-electron chi connectivity index (χ3n) is 4.76. The van der Waals surface area contributed by atoms with Gasteiger partial charge < -0.3 is 10.2 Å². The molecule has 1 aromatic heterocycles. The second-order valence-electron chi connectivity index (χ2n) is 6.60.